The Hall–Kier alpha value is -2.02. The Morgan fingerprint density at radius 3 is 2.46 bits per heavy atom. The Kier molecular flexibility index (Phi) is 5.62. The van der Waals surface area contributed by atoms with Gasteiger partial charge in [0, 0.05) is 21.8 Å². The van der Waals surface area contributed by atoms with Gasteiger partial charge in [0.1, 0.15) is 11.1 Å². The number of rotatable bonds is 6. The minimum Gasteiger partial charge on any atom is -0.325 e. The maximum Gasteiger partial charge on any atom is 0.242 e. The number of hydrogen-bond acceptors (Lipinski definition) is 4. The second-order valence-corrected chi connectivity index (χ2v) is 8.63. The van der Waals surface area contributed by atoms with Crippen LogP contribution in [-0.4, -0.2) is 20.7 Å². The van der Waals surface area contributed by atoms with Gasteiger partial charge in [-0.2, -0.15) is 0 Å². The van der Waals surface area contributed by atoms with Crippen LogP contribution in [0.3, 0.4) is 0 Å². The van der Waals surface area contributed by atoms with Gasteiger partial charge in [-0.25, -0.2) is 0 Å². The number of anilines is 1. The van der Waals surface area contributed by atoms with Crippen LogP contribution >= 0.6 is 35.0 Å². The molecular formula is C20H18Cl2N4OS. The number of aromatic nitrogens is 3. The highest BCUT2D eigenvalue weighted by Crippen LogP contribution is 2.42. The van der Waals surface area contributed by atoms with Gasteiger partial charge in [0.15, 0.2) is 5.16 Å². The maximum atomic E-state index is 13.2. The molecule has 0 unspecified atom stereocenters. The molecule has 1 aromatic heterocycles. The SMILES string of the molecule is Cc1nnc(S[C@@H](C(=O)Nc2cc(Cl)cc(Cl)c2)c2ccccc2)n1C1CC1. The molecule has 2 aromatic carbocycles. The van der Waals surface area contributed by atoms with E-state index in [1.807, 2.05) is 37.3 Å². The minimum atomic E-state index is -0.486. The zero-order valence-corrected chi connectivity index (χ0v) is 17.4. The third-order valence-corrected chi connectivity index (χ3v) is 6.09. The summed E-state index contributed by atoms with van der Waals surface area (Å²) in [5, 5.41) is 12.7. The smallest absolute Gasteiger partial charge is 0.242 e. The number of benzene rings is 2. The van der Waals surface area contributed by atoms with E-state index in [2.05, 4.69) is 20.1 Å². The predicted molar refractivity (Wildman–Crippen MR) is 113 cm³/mol. The molecule has 1 aliphatic carbocycles. The van der Waals surface area contributed by atoms with E-state index in [4.69, 9.17) is 23.2 Å². The lowest BCUT2D eigenvalue weighted by Gasteiger charge is -2.17. The fourth-order valence-electron chi connectivity index (χ4n) is 3.02. The topological polar surface area (TPSA) is 59.8 Å². The molecule has 5 nitrogen and oxygen atoms in total. The summed E-state index contributed by atoms with van der Waals surface area (Å²) < 4.78 is 2.13. The molecule has 1 N–H and O–H groups in total. The average Bonchev–Trinajstić information content (AvgIpc) is 3.42. The number of hydrogen-bond donors (Lipinski definition) is 1. The van der Waals surface area contributed by atoms with Gasteiger partial charge >= 0.3 is 0 Å². The fraction of sp³-hybridized carbons (Fsp3) is 0.250. The van der Waals surface area contributed by atoms with Crippen molar-refractivity contribution in [2.24, 2.45) is 0 Å². The largest absolute Gasteiger partial charge is 0.325 e. The second kappa shape index (κ2) is 8.15. The lowest BCUT2D eigenvalue weighted by Crippen LogP contribution is -2.19. The van der Waals surface area contributed by atoms with Gasteiger partial charge in [0.2, 0.25) is 5.91 Å². The van der Waals surface area contributed by atoms with Crippen LogP contribution in [0, 0.1) is 6.92 Å². The van der Waals surface area contributed by atoms with Crippen LogP contribution in [0.25, 0.3) is 0 Å². The zero-order chi connectivity index (χ0) is 19.7. The molecule has 3 aromatic rings. The van der Waals surface area contributed by atoms with E-state index >= 15 is 0 Å². The summed E-state index contributed by atoms with van der Waals surface area (Å²) in [4.78, 5) is 13.2. The first-order valence-corrected chi connectivity index (χ1v) is 10.5. The molecule has 1 fully saturated rings. The van der Waals surface area contributed by atoms with Crippen molar-refractivity contribution in [1.29, 1.82) is 0 Å². The van der Waals surface area contributed by atoms with E-state index in [-0.39, 0.29) is 5.91 Å². The Morgan fingerprint density at radius 1 is 1.14 bits per heavy atom. The molecule has 8 heteroatoms. The van der Waals surface area contributed by atoms with E-state index in [9.17, 15) is 4.79 Å². The molecule has 4 rings (SSSR count). The minimum absolute atomic E-state index is 0.169. The number of halogens is 2. The van der Waals surface area contributed by atoms with Crippen LogP contribution < -0.4 is 5.32 Å². The summed E-state index contributed by atoms with van der Waals surface area (Å²) >= 11 is 13.5. The average molecular weight is 433 g/mol. The van der Waals surface area contributed by atoms with E-state index in [1.165, 1.54) is 11.8 Å². The molecule has 0 radical (unpaired) electrons. The highest BCUT2D eigenvalue weighted by atomic mass is 35.5. The second-order valence-electron chi connectivity index (χ2n) is 6.69. The van der Waals surface area contributed by atoms with Crippen LogP contribution in [0.2, 0.25) is 10.0 Å². The number of nitrogens with zero attached hydrogens (tertiary/aromatic N) is 3. The standard InChI is InChI=1S/C20H18Cl2N4OS/c1-12-24-25-20(26(12)17-7-8-17)28-18(13-5-3-2-4-6-13)19(27)23-16-10-14(21)9-15(22)11-16/h2-6,9-11,17-18H,7-8H2,1H3,(H,23,27)/t18-/m1/s1. The maximum absolute atomic E-state index is 13.2. The normalized spacial score (nSPS) is 14.7. The van der Waals surface area contributed by atoms with Gasteiger partial charge in [-0.1, -0.05) is 65.3 Å². The first-order chi connectivity index (χ1) is 13.5. The van der Waals surface area contributed by atoms with Gasteiger partial charge < -0.3 is 9.88 Å². The Bertz CT molecular complexity index is 984. The molecule has 144 valence electrons. The van der Waals surface area contributed by atoms with Crippen LogP contribution in [0.5, 0.6) is 0 Å². The summed E-state index contributed by atoms with van der Waals surface area (Å²) in [6.45, 7) is 1.95. The highest BCUT2D eigenvalue weighted by Gasteiger charge is 2.31. The van der Waals surface area contributed by atoms with Gasteiger partial charge in [-0.05, 0) is 43.5 Å². The molecular weight excluding hydrogens is 415 g/mol. The molecule has 1 aliphatic rings. The van der Waals surface area contributed by atoms with E-state index < -0.39 is 5.25 Å². The van der Waals surface area contributed by atoms with Crippen molar-refractivity contribution >= 4 is 46.6 Å². The van der Waals surface area contributed by atoms with E-state index in [1.54, 1.807) is 18.2 Å². The van der Waals surface area contributed by atoms with Crippen molar-refractivity contribution in [2.75, 3.05) is 5.32 Å². The fourth-order valence-corrected chi connectivity index (χ4v) is 4.70. The number of amides is 1. The van der Waals surface area contributed by atoms with E-state index in [0.717, 1.165) is 29.4 Å². The van der Waals surface area contributed by atoms with Crippen molar-refractivity contribution in [3.63, 3.8) is 0 Å². The van der Waals surface area contributed by atoms with E-state index in [0.29, 0.717) is 21.8 Å². The Labute approximate surface area is 177 Å². The van der Waals surface area contributed by atoms with Crippen molar-refractivity contribution < 1.29 is 4.79 Å². The lowest BCUT2D eigenvalue weighted by molar-refractivity contribution is -0.115. The first-order valence-electron chi connectivity index (χ1n) is 8.91. The Balaban J connectivity index is 1.63. The number of thioether (sulfide) groups is 1. The van der Waals surface area contributed by atoms with Crippen molar-refractivity contribution in [3.8, 4) is 0 Å². The Morgan fingerprint density at radius 2 is 1.82 bits per heavy atom. The van der Waals surface area contributed by atoms with Gasteiger partial charge in [0.25, 0.3) is 0 Å². The summed E-state index contributed by atoms with van der Waals surface area (Å²) in [5.74, 6) is 0.705. The van der Waals surface area contributed by atoms with Crippen molar-refractivity contribution in [3.05, 3.63) is 70.0 Å². The van der Waals surface area contributed by atoms with Crippen LogP contribution in [0.4, 0.5) is 5.69 Å². The number of aryl methyl sites for hydroxylation is 1. The molecule has 0 spiro atoms. The third-order valence-electron chi connectivity index (χ3n) is 4.44. The highest BCUT2D eigenvalue weighted by molar-refractivity contribution is 8.00. The first kappa shape index (κ1) is 19.3. The summed E-state index contributed by atoms with van der Waals surface area (Å²) in [7, 11) is 0. The summed E-state index contributed by atoms with van der Waals surface area (Å²) in [6.07, 6.45) is 2.24. The third kappa shape index (κ3) is 4.35. The number of carbonyl (C=O) groups excluding carboxylic acids is 1. The van der Waals surface area contributed by atoms with Crippen LogP contribution in [0.1, 0.15) is 35.5 Å². The zero-order valence-electron chi connectivity index (χ0n) is 15.1. The lowest BCUT2D eigenvalue weighted by atomic mass is 10.1. The number of carbonyl (C=O) groups is 1. The van der Waals surface area contributed by atoms with Crippen molar-refractivity contribution in [1.82, 2.24) is 14.8 Å². The van der Waals surface area contributed by atoms with Crippen LogP contribution in [-0.2, 0) is 4.79 Å². The number of nitrogens with one attached hydrogen (secondary N) is 1. The van der Waals surface area contributed by atoms with Crippen molar-refractivity contribution in [2.45, 2.75) is 36.2 Å². The predicted octanol–water partition coefficient (Wildman–Crippen LogP) is 5.70. The monoisotopic (exact) mass is 432 g/mol. The molecule has 0 aliphatic heterocycles. The molecule has 1 amide bonds. The van der Waals surface area contributed by atoms with Gasteiger partial charge in [-0.15, -0.1) is 10.2 Å². The molecule has 1 saturated carbocycles. The molecule has 1 atom stereocenters. The summed E-state index contributed by atoms with van der Waals surface area (Å²) in [5.41, 5.74) is 1.45. The molecule has 0 bridgehead atoms. The van der Waals surface area contributed by atoms with Crippen LogP contribution in [0.15, 0.2) is 53.7 Å². The van der Waals surface area contributed by atoms with Gasteiger partial charge in [0.05, 0.1) is 0 Å². The van der Waals surface area contributed by atoms with Gasteiger partial charge in [-0.3, -0.25) is 4.79 Å². The molecule has 0 saturated heterocycles. The quantitative estimate of drug-likeness (QED) is 0.507. The molecule has 28 heavy (non-hydrogen) atoms. The summed E-state index contributed by atoms with van der Waals surface area (Å²) in [6, 6.07) is 15.1. The molecule has 1 heterocycles.